The van der Waals surface area contributed by atoms with Crippen LogP contribution in [0, 0.1) is 19.7 Å². The molecule has 1 aliphatic carbocycles. The van der Waals surface area contributed by atoms with Crippen LogP contribution >= 0.6 is 0 Å². The molecular formula is C20H24FN3O. The fourth-order valence-corrected chi connectivity index (χ4v) is 4.21. The van der Waals surface area contributed by atoms with Crippen LogP contribution in [0.2, 0.25) is 0 Å². The van der Waals surface area contributed by atoms with Crippen molar-refractivity contribution in [3.8, 4) is 0 Å². The zero-order chi connectivity index (χ0) is 17.6. The first-order valence-electron chi connectivity index (χ1n) is 9.18. The van der Waals surface area contributed by atoms with Crippen molar-refractivity contribution in [2.24, 2.45) is 0 Å². The summed E-state index contributed by atoms with van der Waals surface area (Å²) in [6.45, 7) is 4.13. The Bertz CT molecular complexity index is 784. The van der Waals surface area contributed by atoms with Gasteiger partial charge >= 0.3 is 0 Å². The maximum absolute atomic E-state index is 13.9. The molecule has 0 radical (unpaired) electrons. The number of carbonyl (C=O) groups excluding carboxylic acids is 1. The Balaban J connectivity index is 1.55. The third kappa shape index (κ3) is 2.86. The molecule has 2 heterocycles. The number of nitrogens with zero attached hydrogens (tertiary/aromatic N) is 3. The number of benzene rings is 1. The Labute approximate surface area is 147 Å². The highest BCUT2D eigenvalue weighted by atomic mass is 19.1. The number of carbonyl (C=O) groups is 1. The lowest BCUT2D eigenvalue weighted by atomic mass is 10.1. The smallest absolute Gasteiger partial charge is 0.251 e. The van der Waals surface area contributed by atoms with E-state index in [4.69, 9.17) is 5.10 Å². The Morgan fingerprint density at radius 2 is 1.80 bits per heavy atom. The first-order valence-corrected chi connectivity index (χ1v) is 9.18. The SMILES string of the molecule is Cc1cc(N2CCC(n3ccc(C4CCCC4)n3)C2=O)cc(C)c1F. The summed E-state index contributed by atoms with van der Waals surface area (Å²) in [5, 5.41) is 4.71. The maximum atomic E-state index is 13.9. The quantitative estimate of drug-likeness (QED) is 0.836. The van der Waals surface area contributed by atoms with Crippen molar-refractivity contribution >= 4 is 11.6 Å². The molecule has 5 heteroatoms. The van der Waals surface area contributed by atoms with Gasteiger partial charge in [-0.05, 0) is 62.4 Å². The predicted octanol–water partition coefficient (Wildman–Crippen LogP) is 4.27. The standard InChI is InChI=1S/C20H24FN3O/c1-13-11-16(12-14(2)19(13)21)23-9-8-18(20(23)25)24-10-7-17(22-24)15-5-3-4-6-15/h7,10-12,15,18H,3-6,8-9H2,1-2H3. The molecule has 1 saturated carbocycles. The molecular weight excluding hydrogens is 317 g/mol. The zero-order valence-corrected chi connectivity index (χ0v) is 14.8. The normalized spacial score (nSPS) is 21.5. The highest BCUT2D eigenvalue weighted by Gasteiger charge is 2.35. The summed E-state index contributed by atoms with van der Waals surface area (Å²) in [5.74, 6) is 0.406. The largest absolute Gasteiger partial charge is 0.310 e. The fourth-order valence-electron chi connectivity index (χ4n) is 4.21. The molecule has 25 heavy (non-hydrogen) atoms. The van der Waals surface area contributed by atoms with Crippen LogP contribution in [0.4, 0.5) is 10.1 Å². The van der Waals surface area contributed by atoms with E-state index < -0.39 is 0 Å². The van der Waals surface area contributed by atoms with Crippen molar-refractivity contribution < 1.29 is 9.18 Å². The van der Waals surface area contributed by atoms with E-state index in [1.54, 1.807) is 30.9 Å². The number of aromatic nitrogens is 2. The zero-order valence-electron chi connectivity index (χ0n) is 14.8. The number of amides is 1. The number of rotatable bonds is 3. The van der Waals surface area contributed by atoms with Gasteiger partial charge in [0.2, 0.25) is 0 Å². The molecule has 1 atom stereocenters. The first-order chi connectivity index (χ1) is 12.0. The minimum absolute atomic E-state index is 0.0477. The Kier molecular flexibility index (Phi) is 4.10. The summed E-state index contributed by atoms with van der Waals surface area (Å²) in [7, 11) is 0. The highest BCUT2D eigenvalue weighted by Crippen LogP contribution is 2.35. The lowest BCUT2D eigenvalue weighted by Gasteiger charge is -2.18. The summed E-state index contributed by atoms with van der Waals surface area (Å²) in [5.41, 5.74) is 3.06. The Morgan fingerprint density at radius 1 is 1.12 bits per heavy atom. The second-order valence-corrected chi connectivity index (χ2v) is 7.39. The lowest BCUT2D eigenvalue weighted by molar-refractivity contribution is -0.120. The minimum Gasteiger partial charge on any atom is -0.310 e. The van der Waals surface area contributed by atoms with Gasteiger partial charge in [-0.1, -0.05) is 12.8 Å². The molecule has 0 N–H and O–H groups in total. The van der Waals surface area contributed by atoms with Crippen LogP contribution in [0.15, 0.2) is 24.4 Å². The van der Waals surface area contributed by atoms with Crippen molar-refractivity contribution in [3.63, 3.8) is 0 Å². The molecule has 1 unspecified atom stereocenters. The topological polar surface area (TPSA) is 38.1 Å². The molecule has 2 aromatic rings. The monoisotopic (exact) mass is 341 g/mol. The van der Waals surface area contributed by atoms with Gasteiger partial charge in [0.15, 0.2) is 0 Å². The van der Waals surface area contributed by atoms with Crippen LogP contribution in [0.25, 0.3) is 0 Å². The van der Waals surface area contributed by atoms with Gasteiger partial charge in [0.05, 0.1) is 5.69 Å². The van der Waals surface area contributed by atoms with E-state index in [0.29, 0.717) is 23.6 Å². The summed E-state index contributed by atoms with van der Waals surface area (Å²) >= 11 is 0. The molecule has 4 rings (SSSR count). The second kappa shape index (κ2) is 6.28. The van der Waals surface area contributed by atoms with Gasteiger partial charge in [0, 0.05) is 24.3 Å². The van der Waals surface area contributed by atoms with Gasteiger partial charge in [0.1, 0.15) is 11.9 Å². The van der Waals surface area contributed by atoms with E-state index in [1.807, 2.05) is 10.9 Å². The van der Waals surface area contributed by atoms with Crippen LogP contribution in [0.1, 0.15) is 60.9 Å². The Hall–Kier alpha value is -2.17. The number of anilines is 1. The third-order valence-electron chi connectivity index (χ3n) is 5.63. The van der Waals surface area contributed by atoms with Crippen LogP contribution < -0.4 is 4.90 Å². The fraction of sp³-hybridized carbons (Fsp3) is 0.500. The number of aryl methyl sites for hydroxylation is 2. The average molecular weight is 341 g/mol. The van der Waals surface area contributed by atoms with E-state index in [0.717, 1.165) is 17.8 Å². The van der Waals surface area contributed by atoms with Crippen LogP contribution in [-0.2, 0) is 4.79 Å². The van der Waals surface area contributed by atoms with Gasteiger partial charge in [-0.15, -0.1) is 0 Å². The van der Waals surface area contributed by atoms with E-state index in [1.165, 1.54) is 25.7 Å². The molecule has 0 spiro atoms. The number of halogens is 1. The molecule has 2 aliphatic rings. The third-order valence-corrected chi connectivity index (χ3v) is 5.63. The molecule has 0 bridgehead atoms. The van der Waals surface area contributed by atoms with Gasteiger partial charge in [-0.2, -0.15) is 5.10 Å². The predicted molar refractivity (Wildman–Crippen MR) is 95.3 cm³/mol. The molecule has 1 aromatic carbocycles. The van der Waals surface area contributed by atoms with Gasteiger partial charge in [-0.3, -0.25) is 9.48 Å². The molecule has 4 nitrogen and oxygen atoms in total. The highest BCUT2D eigenvalue weighted by molar-refractivity contribution is 5.98. The van der Waals surface area contributed by atoms with Crippen LogP contribution in [-0.4, -0.2) is 22.2 Å². The summed E-state index contributed by atoms with van der Waals surface area (Å²) in [6, 6.07) is 5.34. The maximum Gasteiger partial charge on any atom is 0.251 e. The number of hydrogen-bond acceptors (Lipinski definition) is 2. The van der Waals surface area contributed by atoms with Crippen molar-refractivity contribution in [1.82, 2.24) is 9.78 Å². The molecule has 1 saturated heterocycles. The van der Waals surface area contributed by atoms with Gasteiger partial charge in [-0.25, -0.2) is 4.39 Å². The van der Waals surface area contributed by atoms with Crippen molar-refractivity contribution in [2.75, 3.05) is 11.4 Å². The molecule has 1 aliphatic heterocycles. The summed E-state index contributed by atoms with van der Waals surface area (Å²) in [4.78, 5) is 14.7. The van der Waals surface area contributed by atoms with Gasteiger partial charge in [0.25, 0.3) is 5.91 Å². The summed E-state index contributed by atoms with van der Waals surface area (Å²) < 4.78 is 15.7. The number of hydrogen-bond donors (Lipinski definition) is 0. The molecule has 1 aromatic heterocycles. The first kappa shape index (κ1) is 16.3. The van der Waals surface area contributed by atoms with Crippen molar-refractivity contribution in [2.45, 2.75) is 57.9 Å². The summed E-state index contributed by atoms with van der Waals surface area (Å²) in [6.07, 6.45) is 7.64. The minimum atomic E-state index is -0.249. The molecule has 1 amide bonds. The van der Waals surface area contributed by atoms with Crippen LogP contribution in [0.5, 0.6) is 0 Å². The molecule has 132 valence electrons. The average Bonchev–Trinajstić information content (AvgIpc) is 3.31. The van der Waals surface area contributed by atoms with Crippen LogP contribution in [0.3, 0.4) is 0 Å². The lowest BCUT2D eigenvalue weighted by Crippen LogP contribution is -2.28. The molecule has 2 fully saturated rings. The Morgan fingerprint density at radius 3 is 2.48 bits per heavy atom. The van der Waals surface area contributed by atoms with Crippen molar-refractivity contribution in [3.05, 3.63) is 47.0 Å². The van der Waals surface area contributed by atoms with E-state index in [2.05, 4.69) is 6.07 Å². The van der Waals surface area contributed by atoms with Crippen molar-refractivity contribution in [1.29, 1.82) is 0 Å². The van der Waals surface area contributed by atoms with E-state index in [-0.39, 0.29) is 17.8 Å². The van der Waals surface area contributed by atoms with E-state index in [9.17, 15) is 9.18 Å². The second-order valence-electron chi connectivity index (χ2n) is 7.39. The van der Waals surface area contributed by atoms with Gasteiger partial charge < -0.3 is 4.90 Å². The van der Waals surface area contributed by atoms with E-state index >= 15 is 0 Å².